The van der Waals surface area contributed by atoms with E-state index < -0.39 is 53.2 Å². The number of nitrogens with zero attached hydrogens (tertiary/aromatic N) is 1. The van der Waals surface area contributed by atoms with Gasteiger partial charge in [-0.05, 0) is 43.9 Å². The summed E-state index contributed by atoms with van der Waals surface area (Å²) in [4.78, 5) is 37.7. The number of hydrogen-bond donors (Lipinski definition) is 3. The molecule has 10 nitrogen and oxygen atoms in total. The van der Waals surface area contributed by atoms with Crippen LogP contribution < -0.4 is 20.1 Å². The van der Waals surface area contributed by atoms with Gasteiger partial charge in [0.2, 0.25) is 5.88 Å². The van der Waals surface area contributed by atoms with E-state index in [0.717, 1.165) is 18.3 Å². The number of halogens is 8. The van der Waals surface area contributed by atoms with Crippen LogP contribution in [-0.4, -0.2) is 64.8 Å². The normalized spacial score (nSPS) is 21.4. The Morgan fingerprint density at radius 3 is 2.17 bits per heavy atom. The highest BCUT2D eigenvalue weighted by atomic mass is 35.5. The van der Waals surface area contributed by atoms with Gasteiger partial charge in [-0.1, -0.05) is 11.6 Å². The minimum atomic E-state index is -5.08. The van der Waals surface area contributed by atoms with E-state index in [1.165, 1.54) is 18.2 Å². The Morgan fingerprint density at radius 2 is 1.69 bits per heavy atom. The maximum atomic E-state index is 13.5. The van der Waals surface area contributed by atoms with Gasteiger partial charge in [-0.25, -0.2) is 14.2 Å². The average Bonchev–Trinajstić information content (AvgIpc) is 2.90. The summed E-state index contributed by atoms with van der Waals surface area (Å²) in [6.45, 7) is -0.242. The van der Waals surface area contributed by atoms with Gasteiger partial charge in [-0.2, -0.15) is 13.2 Å². The van der Waals surface area contributed by atoms with Crippen LogP contribution in [0.3, 0.4) is 0 Å². The molecule has 3 fully saturated rings. The van der Waals surface area contributed by atoms with E-state index in [1.807, 2.05) is 0 Å². The number of ether oxygens (including phenoxy) is 3. The lowest BCUT2D eigenvalue weighted by atomic mass is 9.70. The number of fused-ring (bicyclic) bond motifs is 3. The molecule has 18 heteroatoms. The number of aliphatic carboxylic acids is 1. The van der Waals surface area contributed by atoms with E-state index in [0.29, 0.717) is 25.7 Å². The van der Waals surface area contributed by atoms with Crippen molar-refractivity contribution in [2.75, 3.05) is 18.5 Å². The molecule has 230 valence electrons. The van der Waals surface area contributed by atoms with Crippen LogP contribution >= 0.6 is 11.6 Å². The van der Waals surface area contributed by atoms with E-state index in [9.17, 15) is 40.3 Å². The Labute approximate surface area is 237 Å². The van der Waals surface area contributed by atoms with Crippen LogP contribution in [0.4, 0.5) is 36.4 Å². The molecule has 2 saturated heterocycles. The van der Waals surface area contributed by atoms with E-state index in [1.54, 1.807) is 0 Å². The second-order valence-electron chi connectivity index (χ2n) is 9.17. The quantitative estimate of drug-likeness (QED) is 0.377. The molecule has 1 aromatic heterocycles. The molecule has 42 heavy (non-hydrogen) atoms. The Morgan fingerprint density at radius 1 is 1.05 bits per heavy atom. The predicted molar refractivity (Wildman–Crippen MR) is 128 cm³/mol. The number of amides is 2. The maximum Gasteiger partial charge on any atom is 0.574 e. The first-order valence-corrected chi connectivity index (χ1v) is 12.2. The summed E-state index contributed by atoms with van der Waals surface area (Å²) in [5.41, 5.74) is -1.59. The van der Waals surface area contributed by atoms with Crippen molar-refractivity contribution in [2.24, 2.45) is 0 Å². The van der Waals surface area contributed by atoms with Gasteiger partial charge in [0, 0.05) is 12.1 Å². The number of rotatable bonds is 7. The van der Waals surface area contributed by atoms with Crippen molar-refractivity contribution in [3.05, 3.63) is 47.4 Å². The van der Waals surface area contributed by atoms with Crippen molar-refractivity contribution in [1.29, 1.82) is 0 Å². The van der Waals surface area contributed by atoms with Gasteiger partial charge in [0.25, 0.3) is 11.8 Å². The number of carboxylic acid groups (broad SMARTS) is 1. The van der Waals surface area contributed by atoms with Gasteiger partial charge in [-0.15, -0.1) is 13.2 Å². The van der Waals surface area contributed by atoms with E-state index in [2.05, 4.69) is 20.4 Å². The average molecular weight is 632 g/mol. The van der Waals surface area contributed by atoms with Crippen LogP contribution in [0.1, 0.15) is 25.7 Å². The molecule has 3 aliphatic rings. The highest BCUT2D eigenvalue weighted by Crippen LogP contribution is 2.44. The lowest BCUT2D eigenvalue weighted by molar-refractivity contribution is -0.276. The van der Waals surface area contributed by atoms with Crippen LogP contribution in [-0.2, 0) is 19.1 Å². The summed E-state index contributed by atoms with van der Waals surface area (Å²) in [5, 5.41) is 12.6. The maximum absolute atomic E-state index is 13.5. The number of carbonyl (C=O) groups is 3. The topological polar surface area (TPSA) is 136 Å². The number of anilines is 1. The molecule has 1 aromatic carbocycles. The first-order chi connectivity index (χ1) is 19.4. The van der Waals surface area contributed by atoms with Gasteiger partial charge >= 0.3 is 18.5 Å². The fourth-order valence-corrected chi connectivity index (χ4v) is 4.19. The molecule has 0 atom stereocenters. The lowest BCUT2D eigenvalue weighted by Crippen LogP contribution is -2.66. The number of benzene rings is 1. The zero-order valence-electron chi connectivity index (χ0n) is 21.1. The molecule has 3 N–H and O–H groups in total. The minimum absolute atomic E-state index is 0.0569. The molecule has 2 amide bonds. The van der Waals surface area contributed by atoms with Gasteiger partial charge in [0.05, 0.1) is 29.1 Å². The first-order valence-electron chi connectivity index (χ1n) is 11.8. The lowest BCUT2D eigenvalue weighted by Gasteiger charge is -2.52. The zero-order chi connectivity index (χ0) is 31.3. The van der Waals surface area contributed by atoms with E-state index in [4.69, 9.17) is 31.0 Å². The molecule has 2 bridgehead atoms. The summed E-state index contributed by atoms with van der Waals surface area (Å²) in [7, 11) is 0. The molecule has 0 spiro atoms. The van der Waals surface area contributed by atoms with Gasteiger partial charge in [0.15, 0.2) is 6.61 Å². The molecule has 2 aromatic rings. The molecule has 5 rings (SSSR count). The smallest absolute Gasteiger partial charge is 0.484 e. The Balaban J connectivity index is 0.000000616. The third kappa shape index (κ3) is 8.82. The van der Waals surface area contributed by atoms with Crippen LogP contribution in [0.25, 0.3) is 0 Å². The molecule has 1 aliphatic carbocycles. The van der Waals surface area contributed by atoms with Crippen molar-refractivity contribution in [2.45, 2.75) is 49.4 Å². The van der Waals surface area contributed by atoms with Crippen molar-refractivity contribution < 1.29 is 64.4 Å². The van der Waals surface area contributed by atoms with E-state index in [-0.39, 0.29) is 29.7 Å². The number of alkyl halides is 6. The molecule has 0 radical (unpaired) electrons. The van der Waals surface area contributed by atoms with Crippen molar-refractivity contribution in [3.8, 4) is 11.6 Å². The largest absolute Gasteiger partial charge is 0.574 e. The van der Waals surface area contributed by atoms with Gasteiger partial charge in [-0.3, -0.25) is 9.59 Å². The summed E-state index contributed by atoms with van der Waals surface area (Å²) >= 11 is 5.62. The van der Waals surface area contributed by atoms with Crippen molar-refractivity contribution in [3.63, 3.8) is 0 Å². The fraction of sp³-hybridized carbons (Fsp3) is 0.417. The number of carbonyl (C=O) groups excluding carboxylic acids is 2. The summed E-state index contributed by atoms with van der Waals surface area (Å²) < 4.78 is 96.9. The SMILES string of the molecule is O=C(COc1ccc(Cl)c(F)c1)NC12CCC(C(=O)Nc3ccc(OC(F)(F)F)nc3)(CC1)OC2.O=C(O)C(F)(F)F. The Kier molecular flexibility index (Phi) is 9.77. The van der Waals surface area contributed by atoms with Crippen LogP contribution in [0, 0.1) is 5.82 Å². The van der Waals surface area contributed by atoms with Gasteiger partial charge < -0.3 is 30.0 Å². The van der Waals surface area contributed by atoms with Crippen LogP contribution in [0.15, 0.2) is 36.5 Å². The third-order valence-electron chi connectivity index (χ3n) is 6.18. The molecule has 1 saturated carbocycles. The highest BCUT2D eigenvalue weighted by Gasteiger charge is 2.54. The number of carboxylic acids is 1. The molecule has 0 unspecified atom stereocenters. The Bertz CT molecular complexity index is 1280. The fourth-order valence-electron chi connectivity index (χ4n) is 4.08. The zero-order valence-corrected chi connectivity index (χ0v) is 21.8. The summed E-state index contributed by atoms with van der Waals surface area (Å²) in [6, 6.07) is 6.08. The molecular weight excluding hydrogens is 611 g/mol. The third-order valence-corrected chi connectivity index (χ3v) is 6.48. The molecular formula is C24H21ClF7N3O7. The second-order valence-corrected chi connectivity index (χ2v) is 9.57. The minimum Gasteiger partial charge on any atom is -0.484 e. The molecule has 2 aliphatic heterocycles. The van der Waals surface area contributed by atoms with Gasteiger partial charge in [0.1, 0.15) is 17.2 Å². The number of aromatic nitrogens is 1. The number of nitrogens with one attached hydrogen (secondary N) is 2. The predicted octanol–water partition coefficient (Wildman–Crippen LogP) is 4.62. The first kappa shape index (κ1) is 32.7. The number of pyridine rings is 1. The summed E-state index contributed by atoms with van der Waals surface area (Å²) in [5.74, 6) is -4.77. The van der Waals surface area contributed by atoms with Crippen molar-refractivity contribution >= 4 is 35.1 Å². The number of hydrogen-bond acceptors (Lipinski definition) is 7. The monoisotopic (exact) mass is 631 g/mol. The second kappa shape index (κ2) is 12.6. The Hall–Kier alpha value is -3.86. The van der Waals surface area contributed by atoms with Crippen LogP contribution in [0.2, 0.25) is 5.02 Å². The van der Waals surface area contributed by atoms with Crippen molar-refractivity contribution in [1.82, 2.24) is 10.3 Å². The van der Waals surface area contributed by atoms with Crippen LogP contribution in [0.5, 0.6) is 11.6 Å². The van der Waals surface area contributed by atoms with E-state index >= 15 is 0 Å². The molecule has 3 heterocycles. The standard InChI is InChI=1S/C22H20ClF4N3O5.C2HF3O2/c23-15-3-2-14(9-16(15)24)33-11-17(31)30-20-5-7-21(8-6-20,34-12-20)19(32)29-13-1-4-18(28-10-13)35-22(25,26)27;3-2(4,5)1(6)7/h1-4,9-10H,5-8,11-12H2,(H,29,32)(H,30,31);(H,6,7). The highest BCUT2D eigenvalue weighted by molar-refractivity contribution is 6.30. The summed E-state index contributed by atoms with van der Waals surface area (Å²) in [6.07, 6.45) is -7.30.